The first-order valence-electron chi connectivity index (χ1n) is 5.27. The first-order valence-corrected chi connectivity index (χ1v) is 5.27. The van der Waals surface area contributed by atoms with Crippen molar-refractivity contribution in [2.24, 2.45) is 0 Å². The molecule has 1 aromatic carbocycles. The normalized spacial score (nSPS) is 10.2. The lowest BCUT2D eigenvalue weighted by molar-refractivity contribution is 0.358. The summed E-state index contributed by atoms with van der Waals surface area (Å²) >= 11 is 0. The molecule has 0 aliphatic carbocycles. The van der Waals surface area contributed by atoms with E-state index in [0.717, 1.165) is 22.4 Å². The Morgan fingerprint density at radius 3 is 2.65 bits per heavy atom. The molecule has 4 nitrogen and oxygen atoms in total. The molecular formula is C13H13N2O2. The number of nitrogens with zero attached hydrogens (tertiary/aromatic N) is 2. The molecule has 0 aliphatic heterocycles. The maximum Gasteiger partial charge on any atom is 0.306 e. The van der Waals surface area contributed by atoms with E-state index in [9.17, 15) is 0 Å². The Morgan fingerprint density at radius 2 is 2.12 bits per heavy atom. The smallest absolute Gasteiger partial charge is 0.306 e. The highest BCUT2D eigenvalue weighted by Crippen LogP contribution is 2.29. The number of hydrogen-bond donors (Lipinski definition) is 0. The van der Waals surface area contributed by atoms with Crippen molar-refractivity contribution in [2.75, 3.05) is 6.61 Å². The molecule has 2 rings (SSSR count). The molecule has 1 aromatic heterocycles. The maximum absolute atomic E-state index is 5.60. The second-order valence-electron chi connectivity index (χ2n) is 3.74. The van der Waals surface area contributed by atoms with Gasteiger partial charge in [0.1, 0.15) is 12.4 Å². The SMILES string of the molecule is C=CCOc1c(C)cc(-c2nn[c]o2)cc1C. The molecule has 0 atom stereocenters. The number of ether oxygens (including phenoxy) is 1. The van der Waals surface area contributed by atoms with E-state index < -0.39 is 0 Å². The molecule has 0 unspecified atom stereocenters. The van der Waals surface area contributed by atoms with Crippen LogP contribution >= 0.6 is 0 Å². The van der Waals surface area contributed by atoms with Crippen molar-refractivity contribution in [1.82, 2.24) is 10.2 Å². The van der Waals surface area contributed by atoms with Crippen LogP contribution in [-0.4, -0.2) is 16.8 Å². The maximum atomic E-state index is 5.60. The van der Waals surface area contributed by atoms with E-state index in [1.165, 1.54) is 0 Å². The van der Waals surface area contributed by atoms with Gasteiger partial charge in [0.25, 0.3) is 0 Å². The second kappa shape index (κ2) is 4.82. The summed E-state index contributed by atoms with van der Waals surface area (Å²) in [5.74, 6) is 1.34. The van der Waals surface area contributed by atoms with Crippen LogP contribution in [0, 0.1) is 20.2 Å². The lowest BCUT2D eigenvalue weighted by Gasteiger charge is -2.11. The summed E-state index contributed by atoms with van der Waals surface area (Å²) in [4.78, 5) is 0. The number of benzene rings is 1. The fourth-order valence-electron chi connectivity index (χ4n) is 1.71. The van der Waals surface area contributed by atoms with Crippen LogP contribution in [0.15, 0.2) is 29.2 Å². The van der Waals surface area contributed by atoms with E-state index in [1.54, 1.807) is 6.08 Å². The van der Waals surface area contributed by atoms with Crippen LogP contribution in [0.5, 0.6) is 5.75 Å². The predicted octanol–water partition coefficient (Wildman–Crippen LogP) is 2.72. The Morgan fingerprint density at radius 1 is 1.41 bits per heavy atom. The van der Waals surface area contributed by atoms with Crippen molar-refractivity contribution in [3.63, 3.8) is 0 Å². The number of aromatic nitrogens is 2. The van der Waals surface area contributed by atoms with Gasteiger partial charge in [-0.05, 0) is 37.1 Å². The zero-order valence-corrected chi connectivity index (χ0v) is 9.86. The Labute approximate surface area is 99.9 Å². The molecule has 0 saturated heterocycles. The molecule has 0 amide bonds. The molecular weight excluding hydrogens is 216 g/mol. The molecule has 0 saturated carbocycles. The molecule has 1 radical (unpaired) electrons. The molecule has 1 heterocycles. The first-order chi connectivity index (χ1) is 8.22. The third-order valence-corrected chi connectivity index (χ3v) is 2.38. The average Bonchev–Trinajstić information content (AvgIpc) is 2.81. The Balaban J connectivity index is 2.38. The highest BCUT2D eigenvalue weighted by molar-refractivity contribution is 5.59. The first kappa shape index (κ1) is 11.4. The molecule has 4 heteroatoms. The molecule has 17 heavy (non-hydrogen) atoms. The molecule has 0 fully saturated rings. The molecule has 0 bridgehead atoms. The van der Waals surface area contributed by atoms with Gasteiger partial charge in [0.05, 0.1) is 0 Å². The van der Waals surface area contributed by atoms with Crippen molar-refractivity contribution < 1.29 is 9.15 Å². The minimum atomic E-state index is 0.464. The number of rotatable bonds is 4. The van der Waals surface area contributed by atoms with Crippen LogP contribution in [0.25, 0.3) is 11.5 Å². The summed E-state index contributed by atoms with van der Waals surface area (Å²) in [5.41, 5.74) is 2.93. The quantitative estimate of drug-likeness (QED) is 0.756. The molecule has 2 aromatic rings. The monoisotopic (exact) mass is 229 g/mol. The summed E-state index contributed by atoms with van der Waals surface area (Å²) in [6.07, 6.45) is 4.06. The van der Waals surface area contributed by atoms with Gasteiger partial charge in [-0.15, -0.1) is 10.2 Å². The summed E-state index contributed by atoms with van der Waals surface area (Å²) in [5, 5.41) is 7.38. The van der Waals surface area contributed by atoms with Crippen molar-refractivity contribution in [2.45, 2.75) is 13.8 Å². The number of aryl methyl sites for hydroxylation is 2. The van der Waals surface area contributed by atoms with Gasteiger partial charge < -0.3 is 9.15 Å². The Hall–Kier alpha value is -2.10. The largest absolute Gasteiger partial charge is 0.489 e. The van der Waals surface area contributed by atoms with Gasteiger partial charge in [-0.25, -0.2) is 0 Å². The van der Waals surface area contributed by atoms with Crippen LogP contribution in [0.1, 0.15) is 11.1 Å². The Kier molecular flexibility index (Phi) is 3.23. The van der Waals surface area contributed by atoms with Gasteiger partial charge in [0.15, 0.2) is 0 Å². The number of hydrogen-bond acceptors (Lipinski definition) is 4. The standard InChI is InChI=1S/C13H13N2O2/c1-4-5-16-12-9(2)6-11(7-10(12)3)13-15-14-8-17-13/h4,6-7H,1,5H2,2-3H3. The third kappa shape index (κ3) is 2.36. The van der Waals surface area contributed by atoms with E-state index in [2.05, 4.69) is 23.2 Å². The van der Waals surface area contributed by atoms with Crippen molar-refractivity contribution in [3.05, 3.63) is 42.3 Å². The third-order valence-electron chi connectivity index (χ3n) is 2.38. The predicted molar refractivity (Wildman–Crippen MR) is 63.7 cm³/mol. The van der Waals surface area contributed by atoms with Crippen molar-refractivity contribution in [1.29, 1.82) is 0 Å². The van der Waals surface area contributed by atoms with Gasteiger partial charge in [-0.1, -0.05) is 12.7 Å². The van der Waals surface area contributed by atoms with Crippen LogP contribution in [-0.2, 0) is 0 Å². The van der Waals surface area contributed by atoms with E-state index in [0.29, 0.717) is 12.5 Å². The second-order valence-corrected chi connectivity index (χ2v) is 3.74. The molecule has 0 N–H and O–H groups in total. The summed E-state index contributed by atoms with van der Waals surface area (Å²) in [7, 11) is 0. The zero-order valence-electron chi connectivity index (χ0n) is 9.86. The molecule has 87 valence electrons. The highest BCUT2D eigenvalue weighted by atomic mass is 16.5. The van der Waals surface area contributed by atoms with Crippen molar-refractivity contribution in [3.8, 4) is 17.2 Å². The highest BCUT2D eigenvalue weighted by Gasteiger charge is 2.10. The van der Waals surface area contributed by atoms with E-state index in [-0.39, 0.29) is 0 Å². The average molecular weight is 229 g/mol. The van der Waals surface area contributed by atoms with Crippen molar-refractivity contribution >= 4 is 0 Å². The fraction of sp³-hybridized carbons (Fsp3) is 0.231. The summed E-state index contributed by atoms with van der Waals surface area (Å²) in [6.45, 7) is 8.09. The van der Waals surface area contributed by atoms with Gasteiger partial charge in [0.2, 0.25) is 5.89 Å². The lowest BCUT2D eigenvalue weighted by Crippen LogP contribution is -1.98. The van der Waals surface area contributed by atoms with Crippen LogP contribution < -0.4 is 4.74 Å². The van der Waals surface area contributed by atoms with Crippen LogP contribution in [0.3, 0.4) is 0 Å². The minimum absolute atomic E-state index is 0.464. The van der Waals surface area contributed by atoms with Gasteiger partial charge in [0, 0.05) is 5.56 Å². The van der Waals surface area contributed by atoms with Crippen LogP contribution in [0.4, 0.5) is 0 Å². The minimum Gasteiger partial charge on any atom is -0.489 e. The molecule has 0 aliphatic rings. The Bertz CT molecular complexity index is 495. The van der Waals surface area contributed by atoms with Gasteiger partial charge in [-0.2, -0.15) is 0 Å². The van der Waals surface area contributed by atoms with Gasteiger partial charge >= 0.3 is 6.39 Å². The van der Waals surface area contributed by atoms with E-state index in [4.69, 9.17) is 9.15 Å². The van der Waals surface area contributed by atoms with E-state index in [1.807, 2.05) is 26.0 Å². The topological polar surface area (TPSA) is 48.2 Å². The van der Waals surface area contributed by atoms with E-state index >= 15 is 0 Å². The summed E-state index contributed by atoms with van der Waals surface area (Å²) < 4.78 is 10.6. The zero-order chi connectivity index (χ0) is 12.3. The fourth-order valence-corrected chi connectivity index (χ4v) is 1.71. The molecule has 0 spiro atoms. The summed E-state index contributed by atoms with van der Waals surface area (Å²) in [6, 6.07) is 3.90. The van der Waals surface area contributed by atoms with Gasteiger partial charge in [-0.3, -0.25) is 0 Å². The van der Waals surface area contributed by atoms with Crippen LogP contribution in [0.2, 0.25) is 0 Å². The lowest BCUT2D eigenvalue weighted by atomic mass is 10.1.